The van der Waals surface area contributed by atoms with Crippen molar-refractivity contribution >= 4 is 17.4 Å². The average molecular weight is 508 g/mol. The van der Waals surface area contributed by atoms with E-state index in [0.29, 0.717) is 35.3 Å². The quantitative estimate of drug-likeness (QED) is 0.202. The predicted molar refractivity (Wildman–Crippen MR) is 134 cm³/mol. The molecule has 37 heavy (non-hydrogen) atoms. The van der Waals surface area contributed by atoms with Crippen LogP contribution >= 0.6 is 0 Å². The Morgan fingerprint density at radius 1 is 1.14 bits per heavy atom. The van der Waals surface area contributed by atoms with Gasteiger partial charge in [-0.05, 0) is 106 Å². The number of fused-ring (bicyclic) bond motifs is 3. The molecule has 0 radical (unpaired) electrons. The molecule has 1 amide bonds. The van der Waals surface area contributed by atoms with Crippen LogP contribution in [0.5, 0.6) is 0 Å². The highest BCUT2D eigenvalue weighted by atomic mass is 19.1. The van der Waals surface area contributed by atoms with Crippen LogP contribution in [0, 0.1) is 28.0 Å². The summed E-state index contributed by atoms with van der Waals surface area (Å²) >= 11 is 0. The highest BCUT2D eigenvalue weighted by Gasteiger charge is 2.61. The fraction of sp³-hybridized carbons (Fsp3) is 0.643. The van der Waals surface area contributed by atoms with Gasteiger partial charge < -0.3 is 20.8 Å². The van der Waals surface area contributed by atoms with E-state index >= 15 is 4.39 Å². The minimum absolute atomic E-state index is 0.0452. The Bertz CT molecular complexity index is 1290. The smallest absolute Gasteiger partial charge is 0.232 e. The SMILES string of the molecule is CC1(c2nc(-c3c(F)ccc(NC(=O)C45CC(C4)C5)c3CC34CCC(/C(N)=N/O)(CC3)CC4)no2)CC1. The molecule has 1 aromatic carbocycles. The second-order valence-corrected chi connectivity index (χ2v) is 13.1. The predicted octanol–water partition coefficient (Wildman–Crippen LogP) is 5.30. The van der Waals surface area contributed by atoms with Gasteiger partial charge in [-0.15, -0.1) is 0 Å². The van der Waals surface area contributed by atoms with Crippen molar-refractivity contribution in [2.45, 2.75) is 89.4 Å². The molecular formula is C28H34FN5O3. The van der Waals surface area contributed by atoms with Crippen LogP contribution in [0.4, 0.5) is 10.1 Å². The first-order chi connectivity index (χ1) is 17.7. The number of nitrogens with two attached hydrogens (primary N) is 1. The summed E-state index contributed by atoms with van der Waals surface area (Å²) in [5, 5.41) is 20.1. The van der Waals surface area contributed by atoms with Gasteiger partial charge in [-0.2, -0.15) is 4.98 Å². The molecule has 7 aliphatic rings. The standard InChI is InChI=1S/C28H34FN5O3/c1-25(4-5-25)24-32-21(34-37-24)20-17(15-26-6-9-27(10-7-26,11-8-26)22(30)33-36)19(3-2-18(20)29)31-23(35)28-12-16(13-28)14-28/h2-3,16,36H,4-15H2,1H3,(H2,30,33)(H,31,35). The van der Waals surface area contributed by atoms with Gasteiger partial charge in [0.1, 0.15) is 11.7 Å². The van der Waals surface area contributed by atoms with Crippen molar-refractivity contribution in [3.63, 3.8) is 0 Å². The molecule has 0 spiro atoms. The summed E-state index contributed by atoms with van der Waals surface area (Å²) in [6, 6.07) is 3.11. The normalized spacial score (nSPS) is 35.0. The minimum atomic E-state index is -0.402. The van der Waals surface area contributed by atoms with E-state index in [9.17, 15) is 10.0 Å². The molecular weight excluding hydrogens is 473 g/mol. The largest absolute Gasteiger partial charge is 0.409 e. The Labute approximate surface area is 215 Å². The van der Waals surface area contributed by atoms with Crippen LogP contribution in [0.1, 0.15) is 89.0 Å². The number of hydrogen-bond donors (Lipinski definition) is 3. The number of halogens is 1. The number of hydrogen-bond acceptors (Lipinski definition) is 6. The van der Waals surface area contributed by atoms with Gasteiger partial charge >= 0.3 is 0 Å². The van der Waals surface area contributed by atoms with Crippen molar-refractivity contribution in [2.24, 2.45) is 33.1 Å². The van der Waals surface area contributed by atoms with Crippen molar-refractivity contribution < 1.29 is 18.9 Å². The summed E-state index contributed by atoms with van der Waals surface area (Å²) in [6.07, 6.45) is 10.6. The second kappa shape index (κ2) is 7.54. The summed E-state index contributed by atoms with van der Waals surface area (Å²) in [5.41, 5.74) is 7.18. The molecule has 196 valence electrons. The first kappa shape index (κ1) is 23.2. The summed E-state index contributed by atoms with van der Waals surface area (Å²) in [7, 11) is 0. The van der Waals surface area contributed by atoms with Crippen LogP contribution in [0.2, 0.25) is 0 Å². The molecule has 4 N–H and O–H groups in total. The number of anilines is 1. The fourth-order valence-electron chi connectivity index (χ4n) is 7.54. The van der Waals surface area contributed by atoms with Crippen LogP contribution in [-0.2, 0) is 16.6 Å². The number of carbonyl (C=O) groups excluding carboxylic acids is 1. The van der Waals surface area contributed by atoms with E-state index in [0.717, 1.165) is 76.2 Å². The third-order valence-corrected chi connectivity index (χ3v) is 10.8. The van der Waals surface area contributed by atoms with Gasteiger partial charge in [-0.25, -0.2) is 4.39 Å². The number of carbonyl (C=O) groups is 1. The molecule has 7 saturated carbocycles. The van der Waals surface area contributed by atoms with Gasteiger partial charge in [0, 0.05) is 16.5 Å². The fourth-order valence-corrected chi connectivity index (χ4v) is 7.54. The van der Waals surface area contributed by atoms with Gasteiger partial charge in [-0.3, -0.25) is 4.79 Å². The van der Waals surface area contributed by atoms with E-state index in [1.54, 1.807) is 6.07 Å². The first-order valence-electron chi connectivity index (χ1n) is 13.6. The monoisotopic (exact) mass is 507 g/mol. The van der Waals surface area contributed by atoms with Gasteiger partial charge in [-0.1, -0.05) is 17.2 Å². The van der Waals surface area contributed by atoms with Crippen molar-refractivity contribution in [1.29, 1.82) is 0 Å². The Balaban J connectivity index is 1.26. The van der Waals surface area contributed by atoms with Crippen molar-refractivity contribution in [2.75, 3.05) is 5.32 Å². The summed E-state index contributed by atoms with van der Waals surface area (Å²) in [4.78, 5) is 17.9. The molecule has 1 aromatic heterocycles. The Kier molecular flexibility index (Phi) is 4.72. The lowest BCUT2D eigenvalue weighted by molar-refractivity contribution is -0.158. The van der Waals surface area contributed by atoms with Gasteiger partial charge in [0.25, 0.3) is 0 Å². The highest BCUT2D eigenvalue weighted by Crippen LogP contribution is 2.65. The van der Waals surface area contributed by atoms with E-state index in [4.69, 9.17) is 10.3 Å². The maximum absolute atomic E-state index is 15.6. The number of amidine groups is 1. The van der Waals surface area contributed by atoms with E-state index < -0.39 is 5.82 Å². The topological polar surface area (TPSA) is 127 Å². The molecule has 1 heterocycles. The molecule has 7 fully saturated rings. The third-order valence-electron chi connectivity index (χ3n) is 10.8. The van der Waals surface area contributed by atoms with E-state index in [-0.39, 0.29) is 33.4 Å². The van der Waals surface area contributed by atoms with E-state index in [1.807, 2.05) is 0 Å². The van der Waals surface area contributed by atoms with Crippen LogP contribution in [0.3, 0.4) is 0 Å². The second-order valence-electron chi connectivity index (χ2n) is 13.1. The molecule has 0 saturated heterocycles. The zero-order valence-electron chi connectivity index (χ0n) is 21.3. The molecule has 9 heteroatoms. The van der Waals surface area contributed by atoms with Crippen molar-refractivity contribution in [1.82, 2.24) is 10.1 Å². The number of nitrogens with one attached hydrogen (secondary N) is 1. The van der Waals surface area contributed by atoms with Crippen molar-refractivity contribution in [3.8, 4) is 11.4 Å². The summed E-state index contributed by atoms with van der Waals surface area (Å²) in [5.74, 6) is 1.46. The minimum Gasteiger partial charge on any atom is -0.409 e. The molecule has 0 aliphatic heterocycles. The number of nitrogens with zero attached hydrogens (tertiary/aromatic N) is 3. The Morgan fingerprint density at radius 3 is 2.38 bits per heavy atom. The van der Waals surface area contributed by atoms with Gasteiger partial charge in [0.2, 0.25) is 17.6 Å². The first-order valence-corrected chi connectivity index (χ1v) is 13.6. The Hall–Kier alpha value is -2.97. The zero-order chi connectivity index (χ0) is 25.6. The maximum atomic E-state index is 15.6. The molecule has 4 bridgehead atoms. The molecule has 0 atom stereocenters. The van der Waals surface area contributed by atoms with Crippen LogP contribution in [0.15, 0.2) is 21.8 Å². The van der Waals surface area contributed by atoms with Gasteiger partial charge in [0.15, 0.2) is 0 Å². The molecule has 9 rings (SSSR count). The lowest BCUT2D eigenvalue weighted by Crippen LogP contribution is -2.58. The summed E-state index contributed by atoms with van der Waals surface area (Å²) in [6.45, 7) is 2.08. The molecule has 2 aromatic rings. The summed E-state index contributed by atoms with van der Waals surface area (Å²) < 4.78 is 21.2. The van der Waals surface area contributed by atoms with Crippen LogP contribution < -0.4 is 11.1 Å². The lowest BCUT2D eigenvalue weighted by Gasteiger charge is -2.60. The van der Waals surface area contributed by atoms with Crippen LogP contribution in [0.25, 0.3) is 11.4 Å². The molecule has 8 nitrogen and oxygen atoms in total. The molecule has 7 aliphatic carbocycles. The maximum Gasteiger partial charge on any atom is 0.232 e. The number of amides is 1. The number of oxime groups is 1. The van der Waals surface area contributed by atoms with Crippen LogP contribution in [-0.4, -0.2) is 27.1 Å². The number of rotatable bonds is 7. The van der Waals surface area contributed by atoms with E-state index in [2.05, 4.69) is 27.5 Å². The average Bonchev–Trinajstić information content (AvgIpc) is 3.39. The highest BCUT2D eigenvalue weighted by molar-refractivity contribution is 5.98. The van der Waals surface area contributed by atoms with Gasteiger partial charge in [0.05, 0.1) is 11.0 Å². The number of aromatic nitrogens is 2. The Morgan fingerprint density at radius 2 is 1.81 bits per heavy atom. The lowest BCUT2D eigenvalue weighted by atomic mass is 9.44. The van der Waals surface area contributed by atoms with E-state index in [1.165, 1.54) is 6.07 Å². The molecule has 0 unspecified atom stereocenters. The van der Waals surface area contributed by atoms with Crippen molar-refractivity contribution in [3.05, 3.63) is 29.4 Å². The zero-order valence-corrected chi connectivity index (χ0v) is 21.3. The third kappa shape index (κ3) is 3.38. The number of benzene rings is 1.